The van der Waals surface area contributed by atoms with Gasteiger partial charge in [-0.3, -0.25) is 4.90 Å². The van der Waals surface area contributed by atoms with Crippen molar-refractivity contribution in [2.24, 2.45) is 11.1 Å². The maximum atomic E-state index is 9.83. The van der Waals surface area contributed by atoms with E-state index in [1.165, 1.54) is 0 Å². The predicted molar refractivity (Wildman–Crippen MR) is 59.1 cm³/mol. The fourth-order valence-electron chi connectivity index (χ4n) is 2.03. The first kappa shape index (κ1) is 12.0. The molecule has 0 radical (unpaired) electrons. The summed E-state index contributed by atoms with van der Waals surface area (Å²) in [7, 11) is 0. The largest absolute Gasteiger partial charge is 0.389 e. The van der Waals surface area contributed by atoms with Gasteiger partial charge in [0.1, 0.15) is 0 Å². The van der Waals surface area contributed by atoms with Gasteiger partial charge in [0.15, 0.2) is 0 Å². The maximum absolute atomic E-state index is 9.83. The third kappa shape index (κ3) is 2.94. The molecule has 2 atom stereocenters. The lowest BCUT2D eigenvalue weighted by molar-refractivity contribution is 0.0621. The SMILES string of the molecule is CCC(C)(CN)CN1CCC(C)(O)C1. The first-order chi connectivity index (χ1) is 6.41. The molecule has 0 aromatic heterocycles. The third-order valence-corrected chi connectivity index (χ3v) is 3.48. The van der Waals surface area contributed by atoms with E-state index in [-0.39, 0.29) is 5.41 Å². The van der Waals surface area contributed by atoms with E-state index in [0.29, 0.717) is 0 Å². The molecular formula is C11H24N2O. The molecule has 0 aromatic carbocycles. The molecule has 0 amide bonds. The molecule has 0 spiro atoms. The molecule has 0 saturated carbocycles. The molecule has 1 fully saturated rings. The summed E-state index contributed by atoms with van der Waals surface area (Å²) in [4.78, 5) is 2.33. The number of nitrogens with two attached hydrogens (primary N) is 1. The zero-order valence-electron chi connectivity index (χ0n) is 9.71. The van der Waals surface area contributed by atoms with Crippen molar-refractivity contribution in [2.75, 3.05) is 26.2 Å². The fourth-order valence-corrected chi connectivity index (χ4v) is 2.03. The zero-order valence-corrected chi connectivity index (χ0v) is 9.71. The quantitative estimate of drug-likeness (QED) is 0.706. The molecule has 1 heterocycles. The van der Waals surface area contributed by atoms with Crippen LogP contribution in [0.3, 0.4) is 0 Å². The molecule has 84 valence electrons. The highest BCUT2D eigenvalue weighted by Crippen LogP contribution is 2.26. The highest BCUT2D eigenvalue weighted by atomic mass is 16.3. The van der Waals surface area contributed by atoms with Gasteiger partial charge in [0.05, 0.1) is 5.60 Å². The Bertz CT molecular complexity index is 188. The summed E-state index contributed by atoms with van der Waals surface area (Å²) in [6.45, 7) is 9.85. The van der Waals surface area contributed by atoms with Crippen molar-refractivity contribution in [2.45, 2.75) is 39.2 Å². The first-order valence-corrected chi connectivity index (χ1v) is 5.56. The van der Waals surface area contributed by atoms with E-state index >= 15 is 0 Å². The van der Waals surface area contributed by atoms with Gasteiger partial charge in [0.25, 0.3) is 0 Å². The van der Waals surface area contributed by atoms with Crippen LogP contribution in [-0.2, 0) is 0 Å². The van der Waals surface area contributed by atoms with Crippen LogP contribution in [0.4, 0.5) is 0 Å². The smallest absolute Gasteiger partial charge is 0.0758 e. The standard InChI is InChI=1S/C11H24N2O/c1-4-10(2,7-12)8-13-6-5-11(3,14)9-13/h14H,4-9,12H2,1-3H3. The Hall–Kier alpha value is -0.120. The third-order valence-electron chi connectivity index (χ3n) is 3.48. The Labute approximate surface area is 87.3 Å². The van der Waals surface area contributed by atoms with Gasteiger partial charge in [-0.2, -0.15) is 0 Å². The van der Waals surface area contributed by atoms with Crippen molar-refractivity contribution >= 4 is 0 Å². The summed E-state index contributed by atoms with van der Waals surface area (Å²) in [5, 5.41) is 9.83. The molecule has 1 saturated heterocycles. The Morgan fingerprint density at radius 1 is 1.57 bits per heavy atom. The van der Waals surface area contributed by atoms with E-state index in [0.717, 1.165) is 39.0 Å². The number of β-amino-alcohol motifs (C(OH)–C–C–N with tert-alkyl or cyclic N) is 1. The van der Waals surface area contributed by atoms with Crippen molar-refractivity contribution in [3.05, 3.63) is 0 Å². The Balaban J connectivity index is 2.46. The second kappa shape index (κ2) is 4.17. The minimum absolute atomic E-state index is 0.209. The molecule has 0 aromatic rings. The van der Waals surface area contributed by atoms with E-state index in [1.807, 2.05) is 6.92 Å². The van der Waals surface area contributed by atoms with Crippen LogP contribution in [0.15, 0.2) is 0 Å². The zero-order chi connectivity index (χ0) is 10.8. The molecule has 1 rings (SSSR count). The predicted octanol–water partition coefficient (Wildman–Crippen LogP) is 0.818. The number of aliphatic hydroxyl groups is 1. The van der Waals surface area contributed by atoms with Gasteiger partial charge in [-0.05, 0) is 31.7 Å². The number of nitrogens with zero attached hydrogens (tertiary/aromatic N) is 1. The lowest BCUT2D eigenvalue weighted by Gasteiger charge is -2.32. The normalized spacial score (nSPS) is 33.2. The number of rotatable bonds is 4. The van der Waals surface area contributed by atoms with Crippen LogP contribution in [0.25, 0.3) is 0 Å². The van der Waals surface area contributed by atoms with Crippen LogP contribution in [0.5, 0.6) is 0 Å². The molecule has 3 heteroatoms. The van der Waals surface area contributed by atoms with Gasteiger partial charge in [-0.1, -0.05) is 13.8 Å². The molecule has 3 N–H and O–H groups in total. The number of hydrogen-bond acceptors (Lipinski definition) is 3. The Kier molecular flexibility index (Phi) is 3.56. The second-order valence-corrected chi connectivity index (χ2v) is 5.33. The summed E-state index contributed by atoms with van der Waals surface area (Å²) in [5.74, 6) is 0. The maximum Gasteiger partial charge on any atom is 0.0758 e. The van der Waals surface area contributed by atoms with Crippen LogP contribution in [0.2, 0.25) is 0 Å². The van der Waals surface area contributed by atoms with Gasteiger partial charge in [0.2, 0.25) is 0 Å². The van der Waals surface area contributed by atoms with Crippen molar-refractivity contribution in [3.8, 4) is 0 Å². The molecule has 3 nitrogen and oxygen atoms in total. The van der Waals surface area contributed by atoms with Crippen LogP contribution < -0.4 is 5.73 Å². The van der Waals surface area contributed by atoms with Gasteiger partial charge in [0, 0.05) is 19.6 Å². The number of hydrogen-bond donors (Lipinski definition) is 2. The van der Waals surface area contributed by atoms with Crippen LogP contribution in [0.1, 0.15) is 33.6 Å². The fraction of sp³-hybridized carbons (Fsp3) is 1.00. The topological polar surface area (TPSA) is 49.5 Å². The van der Waals surface area contributed by atoms with Gasteiger partial charge in [-0.25, -0.2) is 0 Å². The average molecular weight is 200 g/mol. The van der Waals surface area contributed by atoms with Crippen LogP contribution >= 0.6 is 0 Å². The lowest BCUT2D eigenvalue weighted by atomic mass is 9.87. The molecule has 0 aliphatic carbocycles. The summed E-state index contributed by atoms with van der Waals surface area (Å²) in [5.41, 5.74) is 5.50. The van der Waals surface area contributed by atoms with Gasteiger partial charge in [-0.15, -0.1) is 0 Å². The van der Waals surface area contributed by atoms with Crippen LogP contribution in [-0.4, -0.2) is 41.8 Å². The molecule has 14 heavy (non-hydrogen) atoms. The minimum Gasteiger partial charge on any atom is -0.389 e. The molecular weight excluding hydrogens is 176 g/mol. The van der Waals surface area contributed by atoms with E-state index in [1.54, 1.807) is 0 Å². The molecule has 0 bridgehead atoms. The van der Waals surface area contributed by atoms with Gasteiger partial charge >= 0.3 is 0 Å². The van der Waals surface area contributed by atoms with Crippen molar-refractivity contribution < 1.29 is 5.11 Å². The van der Waals surface area contributed by atoms with E-state index < -0.39 is 5.60 Å². The summed E-state index contributed by atoms with van der Waals surface area (Å²) >= 11 is 0. The molecule has 2 unspecified atom stereocenters. The highest BCUT2D eigenvalue weighted by Gasteiger charge is 2.34. The van der Waals surface area contributed by atoms with Gasteiger partial charge < -0.3 is 10.8 Å². The summed E-state index contributed by atoms with van der Waals surface area (Å²) in [6.07, 6.45) is 1.99. The monoisotopic (exact) mass is 200 g/mol. The Morgan fingerprint density at radius 2 is 2.21 bits per heavy atom. The van der Waals surface area contributed by atoms with Crippen molar-refractivity contribution in [3.63, 3.8) is 0 Å². The van der Waals surface area contributed by atoms with E-state index in [2.05, 4.69) is 18.7 Å². The minimum atomic E-state index is -0.483. The number of likely N-dealkylation sites (tertiary alicyclic amines) is 1. The lowest BCUT2D eigenvalue weighted by Crippen LogP contribution is -2.40. The van der Waals surface area contributed by atoms with Crippen molar-refractivity contribution in [1.29, 1.82) is 0 Å². The molecule has 1 aliphatic heterocycles. The van der Waals surface area contributed by atoms with E-state index in [9.17, 15) is 5.11 Å². The average Bonchev–Trinajstić information content (AvgIpc) is 2.45. The van der Waals surface area contributed by atoms with E-state index in [4.69, 9.17) is 5.73 Å². The summed E-state index contributed by atoms with van der Waals surface area (Å²) in [6, 6.07) is 0. The highest BCUT2D eigenvalue weighted by molar-refractivity contribution is 4.89. The Morgan fingerprint density at radius 3 is 2.57 bits per heavy atom. The van der Waals surface area contributed by atoms with Crippen LogP contribution in [0, 0.1) is 5.41 Å². The molecule has 1 aliphatic rings. The van der Waals surface area contributed by atoms with Crippen molar-refractivity contribution in [1.82, 2.24) is 4.90 Å². The second-order valence-electron chi connectivity index (χ2n) is 5.33. The first-order valence-electron chi connectivity index (χ1n) is 5.56. The summed E-state index contributed by atoms with van der Waals surface area (Å²) < 4.78 is 0.